The number of carbonyl (C=O) groups excluding carboxylic acids is 1. The molecular formula is C13H21ClN4O2. The van der Waals surface area contributed by atoms with E-state index in [1.807, 2.05) is 6.92 Å². The largest absolute Gasteiger partial charge is 0.379 e. The summed E-state index contributed by atoms with van der Waals surface area (Å²) in [5, 5.41) is 7.50. The van der Waals surface area contributed by atoms with Gasteiger partial charge in [-0.25, -0.2) is 0 Å². The smallest absolute Gasteiger partial charge is 0.256 e. The second kappa shape index (κ2) is 6.56. The van der Waals surface area contributed by atoms with Crippen molar-refractivity contribution in [3.63, 3.8) is 0 Å². The Balaban J connectivity index is 1.93. The summed E-state index contributed by atoms with van der Waals surface area (Å²) >= 11 is 6.10. The van der Waals surface area contributed by atoms with Crippen LogP contribution in [0.5, 0.6) is 0 Å². The van der Waals surface area contributed by atoms with Crippen molar-refractivity contribution in [1.82, 2.24) is 20.0 Å². The normalized spacial score (nSPS) is 18.0. The van der Waals surface area contributed by atoms with Gasteiger partial charge in [-0.2, -0.15) is 5.10 Å². The number of nitrogens with one attached hydrogen (secondary N) is 1. The minimum absolute atomic E-state index is 0.0521. The molecule has 1 amide bonds. The number of nitrogens with zero attached hydrogens (tertiary/aromatic N) is 3. The van der Waals surface area contributed by atoms with Crippen LogP contribution in [-0.4, -0.2) is 59.5 Å². The van der Waals surface area contributed by atoms with Crippen molar-refractivity contribution in [2.24, 2.45) is 7.05 Å². The van der Waals surface area contributed by atoms with Gasteiger partial charge >= 0.3 is 0 Å². The fraction of sp³-hybridized carbons (Fsp3) is 0.692. The van der Waals surface area contributed by atoms with Crippen molar-refractivity contribution in [2.45, 2.75) is 19.9 Å². The summed E-state index contributed by atoms with van der Waals surface area (Å²) in [6.07, 6.45) is 0. The van der Waals surface area contributed by atoms with Gasteiger partial charge in [-0.1, -0.05) is 11.6 Å². The van der Waals surface area contributed by atoms with Crippen molar-refractivity contribution in [1.29, 1.82) is 0 Å². The van der Waals surface area contributed by atoms with Crippen molar-refractivity contribution < 1.29 is 9.53 Å². The fourth-order valence-electron chi connectivity index (χ4n) is 2.40. The summed E-state index contributed by atoms with van der Waals surface area (Å²) in [6, 6.07) is 0.0521. The third-order valence-corrected chi connectivity index (χ3v) is 3.83. The minimum Gasteiger partial charge on any atom is -0.379 e. The number of hydrogen-bond donors (Lipinski definition) is 1. The Hall–Kier alpha value is -1.11. The minimum atomic E-state index is -0.165. The number of morpholine rings is 1. The van der Waals surface area contributed by atoms with Crippen LogP contribution >= 0.6 is 11.6 Å². The molecule has 6 nitrogen and oxygen atoms in total. The Bertz CT molecular complexity index is 483. The maximum Gasteiger partial charge on any atom is 0.256 e. The molecule has 0 unspecified atom stereocenters. The number of ether oxygens (including phenoxy) is 1. The third kappa shape index (κ3) is 3.50. The molecule has 2 rings (SSSR count). The number of hydrogen-bond acceptors (Lipinski definition) is 4. The van der Waals surface area contributed by atoms with Crippen LogP contribution < -0.4 is 5.32 Å². The van der Waals surface area contributed by atoms with Crippen LogP contribution in [0.15, 0.2) is 0 Å². The van der Waals surface area contributed by atoms with E-state index in [2.05, 4.69) is 15.3 Å². The second-order valence-electron chi connectivity index (χ2n) is 5.16. The van der Waals surface area contributed by atoms with Crippen LogP contribution in [0, 0.1) is 6.92 Å². The summed E-state index contributed by atoms with van der Waals surface area (Å²) in [5.41, 5.74) is 1.11. The van der Waals surface area contributed by atoms with Crippen LogP contribution in [0.1, 0.15) is 23.0 Å². The molecule has 0 aliphatic carbocycles. The quantitative estimate of drug-likeness (QED) is 0.895. The lowest BCUT2D eigenvalue weighted by molar-refractivity contribution is 0.0342. The molecule has 0 aromatic carbocycles. The average molecular weight is 301 g/mol. The predicted molar refractivity (Wildman–Crippen MR) is 77.1 cm³/mol. The first-order valence-corrected chi connectivity index (χ1v) is 7.17. The van der Waals surface area contributed by atoms with Gasteiger partial charge in [0.15, 0.2) is 0 Å². The molecule has 0 radical (unpaired) electrons. The van der Waals surface area contributed by atoms with Gasteiger partial charge in [0.05, 0.1) is 24.5 Å². The molecule has 0 bridgehead atoms. The molecule has 1 aliphatic rings. The number of amides is 1. The Kier molecular flexibility index (Phi) is 5.01. The lowest BCUT2D eigenvalue weighted by Gasteiger charge is -2.29. The lowest BCUT2D eigenvalue weighted by Crippen LogP contribution is -2.46. The van der Waals surface area contributed by atoms with E-state index in [9.17, 15) is 4.79 Å². The Morgan fingerprint density at radius 3 is 2.70 bits per heavy atom. The van der Waals surface area contributed by atoms with Crippen LogP contribution in [0.25, 0.3) is 0 Å². The van der Waals surface area contributed by atoms with E-state index in [0.29, 0.717) is 16.4 Å². The van der Waals surface area contributed by atoms with Gasteiger partial charge < -0.3 is 10.1 Å². The van der Waals surface area contributed by atoms with E-state index in [1.165, 1.54) is 4.68 Å². The average Bonchev–Trinajstić information content (AvgIpc) is 2.64. The number of aryl methyl sites for hydroxylation is 2. The monoisotopic (exact) mass is 300 g/mol. The maximum atomic E-state index is 12.3. The van der Waals surface area contributed by atoms with E-state index in [1.54, 1.807) is 14.0 Å². The van der Waals surface area contributed by atoms with Crippen LogP contribution in [-0.2, 0) is 11.8 Å². The molecule has 20 heavy (non-hydrogen) atoms. The summed E-state index contributed by atoms with van der Waals surface area (Å²) in [6.45, 7) is 7.93. The maximum absolute atomic E-state index is 12.3. The van der Waals surface area contributed by atoms with Gasteiger partial charge in [0, 0.05) is 32.7 Å². The van der Waals surface area contributed by atoms with E-state index in [4.69, 9.17) is 16.3 Å². The summed E-state index contributed by atoms with van der Waals surface area (Å²) in [7, 11) is 1.73. The van der Waals surface area contributed by atoms with Crippen molar-refractivity contribution in [3.8, 4) is 0 Å². The van der Waals surface area contributed by atoms with Gasteiger partial charge in [0.2, 0.25) is 0 Å². The molecule has 1 aromatic heterocycles. The first-order chi connectivity index (χ1) is 9.49. The van der Waals surface area contributed by atoms with Gasteiger partial charge in [-0.15, -0.1) is 0 Å². The number of aromatic nitrogens is 2. The lowest BCUT2D eigenvalue weighted by atomic mass is 10.2. The molecule has 1 aromatic rings. The molecule has 1 saturated heterocycles. The zero-order valence-corrected chi connectivity index (χ0v) is 12.9. The van der Waals surface area contributed by atoms with Gasteiger partial charge in [-0.3, -0.25) is 14.4 Å². The van der Waals surface area contributed by atoms with Crippen LogP contribution in [0.3, 0.4) is 0 Å². The molecule has 0 saturated carbocycles. The molecule has 1 atom stereocenters. The highest BCUT2D eigenvalue weighted by molar-refractivity contribution is 6.33. The van der Waals surface area contributed by atoms with Crippen molar-refractivity contribution >= 4 is 17.5 Å². The predicted octanol–water partition coefficient (Wildman–Crippen LogP) is 0.832. The number of rotatable bonds is 4. The number of halogens is 1. The molecule has 1 fully saturated rings. The van der Waals surface area contributed by atoms with Crippen LogP contribution in [0.4, 0.5) is 0 Å². The Morgan fingerprint density at radius 2 is 2.15 bits per heavy atom. The molecule has 0 spiro atoms. The Morgan fingerprint density at radius 1 is 1.50 bits per heavy atom. The van der Waals surface area contributed by atoms with Gasteiger partial charge in [0.1, 0.15) is 5.15 Å². The highest BCUT2D eigenvalue weighted by Crippen LogP contribution is 2.18. The summed E-state index contributed by atoms with van der Waals surface area (Å²) in [4.78, 5) is 14.5. The molecule has 2 heterocycles. The topological polar surface area (TPSA) is 59.4 Å². The van der Waals surface area contributed by atoms with E-state index >= 15 is 0 Å². The first-order valence-electron chi connectivity index (χ1n) is 6.79. The highest BCUT2D eigenvalue weighted by Gasteiger charge is 2.21. The summed E-state index contributed by atoms with van der Waals surface area (Å²) < 4.78 is 6.82. The standard InChI is InChI=1S/C13H21ClN4O2/c1-9(8-18-4-6-20-7-5-18)15-13(19)11-10(2)16-17(3)12(11)14/h9H,4-8H2,1-3H3,(H,15,19)/t9-/m0/s1. The van der Waals surface area contributed by atoms with E-state index < -0.39 is 0 Å². The van der Waals surface area contributed by atoms with Gasteiger partial charge in [-0.05, 0) is 13.8 Å². The highest BCUT2D eigenvalue weighted by atomic mass is 35.5. The second-order valence-corrected chi connectivity index (χ2v) is 5.52. The molecule has 7 heteroatoms. The van der Waals surface area contributed by atoms with E-state index in [-0.39, 0.29) is 11.9 Å². The summed E-state index contributed by atoms with van der Waals surface area (Å²) in [5.74, 6) is -0.165. The molecular weight excluding hydrogens is 280 g/mol. The molecule has 1 N–H and O–H groups in total. The first kappa shape index (κ1) is 15.3. The SMILES string of the molecule is Cc1nn(C)c(Cl)c1C(=O)N[C@@H](C)CN1CCOCC1. The fourth-order valence-corrected chi connectivity index (χ4v) is 2.66. The van der Waals surface area contributed by atoms with E-state index in [0.717, 1.165) is 32.8 Å². The van der Waals surface area contributed by atoms with Crippen LogP contribution in [0.2, 0.25) is 5.15 Å². The van der Waals surface area contributed by atoms with Crippen molar-refractivity contribution in [3.05, 3.63) is 16.4 Å². The molecule has 112 valence electrons. The number of carbonyl (C=O) groups is 1. The third-order valence-electron chi connectivity index (χ3n) is 3.39. The zero-order chi connectivity index (χ0) is 14.7. The van der Waals surface area contributed by atoms with Gasteiger partial charge in [0.25, 0.3) is 5.91 Å². The molecule has 1 aliphatic heterocycles. The zero-order valence-electron chi connectivity index (χ0n) is 12.1. The Labute approximate surface area is 124 Å². The van der Waals surface area contributed by atoms with Crippen molar-refractivity contribution in [2.75, 3.05) is 32.8 Å².